The fourth-order valence-corrected chi connectivity index (χ4v) is 3.44. The van der Waals surface area contributed by atoms with Gasteiger partial charge in [0.2, 0.25) is 0 Å². The van der Waals surface area contributed by atoms with Crippen LogP contribution in [-0.4, -0.2) is 44.9 Å². The van der Waals surface area contributed by atoms with Gasteiger partial charge in [-0.25, -0.2) is 4.79 Å². The lowest BCUT2D eigenvalue weighted by atomic mass is 10.1. The number of benzene rings is 2. The van der Waals surface area contributed by atoms with E-state index in [2.05, 4.69) is 10.6 Å². The van der Waals surface area contributed by atoms with Crippen LogP contribution in [0.2, 0.25) is 0 Å². The molecule has 3 rings (SSSR count). The largest absolute Gasteiger partial charge is 0.493 e. The van der Waals surface area contributed by atoms with Crippen molar-refractivity contribution in [3.63, 3.8) is 0 Å². The maximum absolute atomic E-state index is 12.8. The Bertz CT molecular complexity index is 1150. The second kappa shape index (κ2) is 11.1. The molecule has 2 amide bonds. The van der Waals surface area contributed by atoms with Crippen LogP contribution in [0.3, 0.4) is 0 Å². The molecule has 0 saturated heterocycles. The molecule has 0 unspecified atom stereocenters. The van der Waals surface area contributed by atoms with Crippen LogP contribution in [-0.2, 0) is 9.53 Å². The highest BCUT2D eigenvalue weighted by atomic mass is 32.2. The molecule has 0 saturated carbocycles. The van der Waals surface area contributed by atoms with Crippen LogP contribution in [0.1, 0.15) is 20.9 Å². The lowest BCUT2D eigenvalue weighted by Gasteiger charge is -2.15. The molecule has 33 heavy (non-hydrogen) atoms. The smallest absolute Gasteiger partial charge is 0.340 e. The van der Waals surface area contributed by atoms with Gasteiger partial charge in [-0.2, -0.15) is 0 Å². The van der Waals surface area contributed by atoms with Crippen molar-refractivity contribution in [2.24, 2.45) is 0 Å². The summed E-state index contributed by atoms with van der Waals surface area (Å²) < 4.78 is 20.8. The lowest BCUT2D eigenvalue weighted by Crippen LogP contribution is -2.22. The SMILES string of the molecule is COc1cc(NC(=O)c2ccco2)c(C(=O)OCC(=O)Nc2ccccc2SC)cc1OC. The van der Waals surface area contributed by atoms with Gasteiger partial charge in [0.15, 0.2) is 23.9 Å². The Morgan fingerprint density at radius 2 is 1.67 bits per heavy atom. The van der Waals surface area contributed by atoms with Gasteiger partial charge in [-0.15, -0.1) is 11.8 Å². The summed E-state index contributed by atoms with van der Waals surface area (Å²) in [6.07, 6.45) is 3.24. The number of hydrogen-bond acceptors (Lipinski definition) is 8. The first-order valence-corrected chi connectivity index (χ1v) is 10.9. The summed E-state index contributed by atoms with van der Waals surface area (Å²) in [6.45, 7) is -0.526. The molecule has 1 aromatic heterocycles. The summed E-state index contributed by atoms with van der Waals surface area (Å²) in [5, 5.41) is 5.30. The Morgan fingerprint density at radius 3 is 2.33 bits per heavy atom. The summed E-state index contributed by atoms with van der Waals surface area (Å²) in [5.41, 5.74) is 0.695. The number of nitrogens with one attached hydrogen (secondary N) is 2. The number of rotatable bonds is 9. The molecule has 172 valence electrons. The van der Waals surface area contributed by atoms with Crippen molar-refractivity contribution in [1.82, 2.24) is 0 Å². The van der Waals surface area contributed by atoms with E-state index in [4.69, 9.17) is 18.6 Å². The van der Waals surface area contributed by atoms with Crippen LogP contribution >= 0.6 is 11.8 Å². The van der Waals surface area contributed by atoms with Gasteiger partial charge in [-0.3, -0.25) is 9.59 Å². The molecule has 2 N–H and O–H groups in total. The van der Waals surface area contributed by atoms with Gasteiger partial charge in [0, 0.05) is 17.0 Å². The fraction of sp³-hybridized carbons (Fsp3) is 0.174. The number of anilines is 2. The quantitative estimate of drug-likeness (QED) is 0.355. The van der Waals surface area contributed by atoms with Crippen molar-refractivity contribution in [1.29, 1.82) is 0 Å². The van der Waals surface area contributed by atoms with Crippen molar-refractivity contribution in [3.8, 4) is 11.5 Å². The first-order valence-electron chi connectivity index (χ1n) is 9.67. The zero-order valence-corrected chi connectivity index (χ0v) is 19.0. The molecule has 0 atom stereocenters. The number of esters is 1. The number of hydrogen-bond donors (Lipinski definition) is 2. The first kappa shape index (κ1) is 23.7. The summed E-state index contributed by atoms with van der Waals surface area (Å²) in [7, 11) is 2.83. The molecule has 0 aliphatic heterocycles. The number of thioether (sulfide) groups is 1. The normalized spacial score (nSPS) is 10.3. The molecule has 0 fully saturated rings. The summed E-state index contributed by atoms with van der Waals surface area (Å²) >= 11 is 1.48. The summed E-state index contributed by atoms with van der Waals surface area (Å²) in [6, 6.07) is 13.1. The number of carbonyl (C=O) groups is 3. The van der Waals surface area contributed by atoms with Gasteiger partial charge < -0.3 is 29.3 Å². The van der Waals surface area contributed by atoms with Gasteiger partial charge in [0.05, 0.1) is 37.4 Å². The van der Waals surface area contributed by atoms with Crippen molar-refractivity contribution in [2.45, 2.75) is 4.90 Å². The number of para-hydroxylation sites is 1. The molecule has 3 aromatic rings. The van der Waals surface area contributed by atoms with Crippen LogP contribution in [0.4, 0.5) is 11.4 Å². The molecule has 10 heteroatoms. The number of carbonyl (C=O) groups excluding carboxylic acids is 3. The van der Waals surface area contributed by atoms with Crippen LogP contribution in [0, 0.1) is 0 Å². The standard InChI is InChI=1S/C23H22N2O7S/c1-29-18-11-14(16(12-19(18)30-2)25-22(27)17-8-6-10-31-17)23(28)32-13-21(26)24-15-7-4-5-9-20(15)33-3/h4-12H,13H2,1-3H3,(H,24,26)(H,25,27). The highest BCUT2D eigenvalue weighted by molar-refractivity contribution is 7.98. The minimum absolute atomic E-state index is 0.0233. The van der Waals surface area contributed by atoms with Crippen molar-refractivity contribution < 1.29 is 33.0 Å². The zero-order chi connectivity index (χ0) is 23.8. The van der Waals surface area contributed by atoms with Crippen molar-refractivity contribution in [3.05, 3.63) is 66.1 Å². The van der Waals surface area contributed by atoms with Gasteiger partial charge in [0.25, 0.3) is 11.8 Å². The number of ether oxygens (including phenoxy) is 3. The van der Waals surface area contributed by atoms with E-state index in [-0.39, 0.29) is 28.5 Å². The Hall–Kier alpha value is -3.92. The molecular weight excluding hydrogens is 448 g/mol. The molecule has 9 nitrogen and oxygen atoms in total. The van der Waals surface area contributed by atoms with E-state index < -0.39 is 24.4 Å². The predicted octanol–water partition coefficient (Wildman–Crippen LogP) is 4.07. The highest BCUT2D eigenvalue weighted by Gasteiger charge is 2.22. The van der Waals surface area contributed by atoms with E-state index in [9.17, 15) is 14.4 Å². The lowest BCUT2D eigenvalue weighted by molar-refractivity contribution is -0.119. The molecule has 0 aliphatic carbocycles. The van der Waals surface area contributed by atoms with Crippen molar-refractivity contribution >= 4 is 40.9 Å². The van der Waals surface area contributed by atoms with E-state index >= 15 is 0 Å². The number of methoxy groups -OCH3 is 2. The van der Waals surface area contributed by atoms with E-state index in [0.717, 1.165) is 4.90 Å². The topological polar surface area (TPSA) is 116 Å². The molecule has 0 bridgehead atoms. The van der Waals surface area contributed by atoms with Crippen molar-refractivity contribution in [2.75, 3.05) is 37.7 Å². The third-order valence-corrected chi connectivity index (χ3v) is 5.25. The third-order valence-electron chi connectivity index (χ3n) is 4.45. The van der Waals surface area contributed by atoms with Gasteiger partial charge >= 0.3 is 5.97 Å². The monoisotopic (exact) mass is 470 g/mol. The Kier molecular flexibility index (Phi) is 7.98. The Labute approximate surface area is 194 Å². The zero-order valence-electron chi connectivity index (χ0n) is 18.2. The second-order valence-electron chi connectivity index (χ2n) is 6.51. The van der Waals surface area contributed by atoms with Crippen LogP contribution in [0.5, 0.6) is 11.5 Å². The minimum Gasteiger partial charge on any atom is -0.493 e. The average Bonchev–Trinajstić information content (AvgIpc) is 3.38. The number of amides is 2. The van der Waals surface area contributed by atoms with Gasteiger partial charge in [-0.1, -0.05) is 12.1 Å². The van der Waals surface area contributed by atoms with E-state index in [0.29, 0.717) is 5.69 Å². The summed E-state index contributed by atoms with van der Waals surface area (Å²) in [4.78, 5) is 38.5. The molecule has 0 spiro atoms. The van der Waals surface area contributed by atoms with Crippen LogP contribution < -0.4 is 20.1 Å². The minimum atomic E-state index is -0.834. The van der Waals surface area contributed by atoms with E-state index in [1.165, 1.54) is 50.4 Å². The molecule has 0 radical (unpaired) electrons. The summed E-state index contributed by atoms with van der Waals surface area (Å²) in [5.74, 6) is -1.33. The van der Waals surface area contributed by atoms with Gasteiger partial charge in [0.1, 0.15) is 0 Å². The molecular formula is C23H22N2O7S. The maximum Gasteiger partial charge on any atom is 0.340 e. The molecule has 0 aliphatic rings. The predicted molar refractivity (Wildman–Crippen MR) is 123 cm³/mol. The Balaban J connectivity index is 1.77. The average molecular weight is 471 g/mol. The van der Waals surface area contributed by atoms with Crippen LogP contribution in [0.25, 0.3) is 0 Å². The van der Waals surface area contributed by atoms with Gasteiger partial charge in [-0.05, 0) is 30.5 Å². The maximum atomic E-state index is 12.8. The molecule has 2 aromatic carbocycles. The fourth-order valence-electron chi connectivity index (χ4n) is 2.89. The van der Waals surface area contributed by atoms with E-state index in [1.807, 2.05) is 18.4 Å². The highest BCUT2D eigenvalue weighted by Crippen LogP contribution is 2.34. The van der Waals surface area contributed by atoms with Crippen LogP contribution in [0.15, 0.2) is 64.1 Å². The Morgan fingerprint density at radius 1 is 0.939 bits per heavy atom. The molecule has 1 heterocycles. The van der Waals surface area contributed by atoms with E-state index in [1.54, 1.807) is 18.2 Å². The second-order valence-corrected chi connectivity index (χ2v) is 7.36. The first-order chi connectivity index (χ1) is 16.0. The number of furan rings is 1. The third kappa shape index (κ3) is 5.86.